The molecule has 0 fully saturated rings. The molecule has 0 aliphatic rings. The molecule has 1 unspecified atom stereocenters. The fraction of sp³-hybridized carbons (Fsp3) is 0.571. The second-order valence-electron chi connectivity index (χ2n) is 7.11. The van der Waals surface area contributed by atoms with Crippen molar-refractivity contribution in [3.05, 3.63) is 40.4 Å². The molecule has 1 aromatic heterocycles. The van der Waals surface area contributed by atoms with Crippen LogP contribution in [0.2, 0.25) is 0 Å². The summed E-state index contributed by atoms with van der Waals surface area (Å²) in [6.07, 6.45) is 3.15. The normalized spacial score (nSPS) is 12.5. The van der Waals surface area contributed by atoms with E-state index in [1.807, 2.05) is 56.9 Å². The van der Waals surface area contributed by atoms with Crippen LogP contribution in [-0.4, -0.2) is 26.9 Å². The molecule has 0 saturated carbocycles. The van der Waals surface area contributed by atoms with Gasteiger partial charge in [0.25, 0.3) is 5.56 Å². The molecule has 142 valence electrons. The lowest BCUT2D eigenvalue weighted by Gasteiger charge is -2.31. The van der Waals surface area contributed by atoms with E-state index in [-0.39, 0.29) is 23.4 Å². The molecule has 0 saturated heterocycles. The van der Waals surface area contributed by atoms with Crippen molar-refractivity contribution in [2.75, 3.05) is 6.54 Å². The number of unbranched alkanes of at least 4 members (excludes halogenated alkanes) is 2. The Kier molecular flexibility index (Phi) is 6.95. The molecule has 1 aromatic carbocycles. The van der Waals surface area contributed by atoms with E-state index in [4.69, 9.17) is 4.98 Å². The lowest BCUT2D eigenvalue weighted by atomic mass is 10.1. The number of aromatic nitrogens is 2. The van der Waals surface area contributed by atoms with Crippen molar-refractivity contribution in [3.8, 4) is 0 Å². The highest BCUT2D eigenvalue weighted by Crippen LogP contribution is 2.22. The van der Waals surface area contributed by atoms with E-state index in [0.717, 1.165) is 19.3 Å². The second kappa shape index (κ2) is 8.97. The molecule has 0 N–H and O–H groups in total. The van der Waals surface area contributed by atoms with Gasteiger partial charge in [0.15, 0.2) is 0 Å². The molecular weight excluding hydrogens is 326 g/mol. The van der Waals surface area contributed by atoms with Gasteiger partial charge in [-0.05, 0) is 32.4 Å². The molecule has 0 aliphatic carbocycles. The van der Waals surface area contributed by atoms with Crippen LogP contribution in [-0.2, 0) is 11.3 Å². The Morgan fingerprint density at radius 1 is 1.15 bits per heavy atom. The van der Waals surface area contributed by atoms with Crippen molar-refractivity contribution in [1.29, 1.82) is 0 Å². The quantitative estimate of drug-likeness (QED) is 0.667. The predicted octanol–water partition coefficient (Wildman–Crippen LogP) is 4.15. The fourth-order valence-electron chi connectivity index (χ4n) is 3.31. The van der Waals surface area contributed by atoms with Crippen LogP contribution in [0, 0.1) is 5.92 Å². The Bertz CT molecular complexity index is 810. The molecule has 0 radical (unpaired) electrons. The number of hydrogen-bond donors (Lipinski definition) is 0. The first kappa shape index (κ1) is 20.1. The third-order valence-corrected chi connectivity index (χ3v) is 4.83. The van der Waals surface area contributed by atoms with Crippen LogP contribution < -0.4 is 5.56 Å². The zero-order chi connectivity index (χ0) is 19.3. The lowest BCUT2D eigenvalue weighted by molar-refractivity contribution is -0.137. The van der Waals surface area contributed by atoms with Gasteiger partial charge in [0.1, 0.15) is 5.82 Å². The number of hydrogen-bond acceptors (Lipinski definition) is 3. The molecule has 1 heterocycles. The molecule has 1 atom stereocenters. The monoisotopic (exact) mass is 357 g/mol. The maximum absolute atomic E-state index is 12.9. The Labute approximate surface area is 156 Å². The van der Waals surface area contributed by atoms with Crippen molar-refractivity contribution in [2.24, 2.45) is 5.92 Å². The SMILES string of the molecule is CCCCCN(C(=O)C(C)C)C(C)c1nc2ccccc2c(=O)n1CC. The Hall–Kier alpha value is -2.17. The average Bonchev–Trinajstić information content (AvgIpc) is 2.64. The topological polar surface area (TPSA) is 55.2 Å². The summed E-state index contributed by atoms with van der Waals surface area (Å²) in [5.74, 6) is 0.696. The van der Waals surface area contributed by atoms with Crippen LogP contribution in [0.4, 0.5) is 0 Å². The van der Waals surface area contributed by atoms with Crippen LogP contribution in [0.15, 0.2) is 29.1 Å². The molecule has 5 heteroatoms. The van der Waals surface area contributed by atoms with Gasteiger partial charge in [-0.15, -0.1) is 0 Å². The molecule has 0 aliphatic heterocycles. The number of rotatable bonds is 8. The maximum atomic E-state index is 12.9. The number of carbonyl (C=O) groups excluding carboxylic acids is 1. The van der Waals surface area contributed by atoms with Crippen LogP contribution >= 0.6 is 0 Å². The molecule has 0 spiro atoms. The van der Waals surface area contributed by atoms with Gasteiger partial charge in [-0.2, -0.15) is 0 Å². The molecular formula is C21H31N3O2. The summed E-state index contributed by atoms with van der Waals surface area (Å²) in [4.78, 5) is 32.4. The van der Waals surface area contributed by atoms with Gasteiger partial charge in [0.2, 0.25) is 5.91 Å². The van der Waals surface area contributed by atoms with Crippen LogP contribution in [0.5, 0.6) is 0 Å². The first-order valence-electron chi connectivity index (χ1n) is 9.72. The zero-order valence-electron chi connectivity index (χ0n) is 16.7. The Morgan fingerprint density at radius 3 is 2.46 bits per heavy atom. The van der Waals surface area contributed by atoms with E-state index in [0.29, 0.717) is 29.8 Å². The molecule has 0 bridgehead atoms. The van der Waals surface area contributed by atoms with Crippen LogP contribution in [0.3, 0.4) is 0 Å². The molecule has 2 aromatic rings. The highest BCUT2D eigenvalue weighted by molar-refractivity contribution is 5.79. The molecule has 26 heavy (non-hydrogen) atoms. The van der Waals surface area contributed by atoms with Crippen LogP contribution in [0.25, 0.3) is 10.9 Å². The van der Waals surface area contributed by atoms with Gasteiger partial charge in [-0.1, -0.05) is 45.7 Å². The smallest absolute Gasteiger partial charge is 0.261 e. The summed E-state index contributed by atoms with van der Waals surface area (Å²) in [7, 11) is 0. The summed E-state index contributed by atoms with van der Waals surface area (Å²) in [6.45, 7) is 11.1. The van der Waals surface area contributed by atoms with E-state index in [1.165, 1.54) is 0 Å². The molecule has 5 nitrogen and oxygen atoms in total. The molecule has 1 amide bonds. The van der Waals surface area contributed by atoms with E-state index < -0.39 is 0 Å². The number of benzene rings is 1. The predicted molar refractivity (Wildman–Crippen MR) is 106 cm³/mol. The highest BCUT2D eigenvalue weighted by Gasteiger charge is 2.27. The van der Waals surface area contributed by atoms with Gasteiger partial charge >= 0.3 is 0 Å². The Balaban J connectivity index is 2.51. The second-order valence-corrected chi connectivity index (χ2v) is 7.11. The standard InChI is InChI=1S/C21H31N3O2/c1-6-8-11-14-24(20(25)15(3)4)16(5)19-22-18-13-10-9-12-17(18)21(26)23(19)7-2/h9-10,12-13,15-16H,6-8,11,14H2,1-5H3. The van der Waals surface area contributed by atoms with Crippen molar-refractivity contribution < 1.29 is 4.79 Å². The van der Waals surface area contributed by atoms with Crippen molar-refractivity contribution >= 4 is 16.8 Å². The van der Waals surface area contributed by atoms with Crippen LogP contribution in [0.1, 0.15) is 65.7 Å². The van der Waals surface area contributed by atoms with Crippen molar-refractivity contribution in [1.82, 2.24) is 14.5 Å². The summed E-state index contributed by atoms with van der Waals surface area (Å²) in [6, 6.07) is 7.17. The van der Waals surface area contributed by atoms with Gasteiger partial charge in [-0.25, -0.2) is 4.98 Å². The summed E-state index contributed by atoms with van der Waals surface area (Å²) in [5, 5.41) is 0.623. The highest BCUT2D eigenvalue weighted by atomic mass is 16.2. The first-order valence-corrected chi connectivity index (χ1v) is 9.72. The Morgan fingerprint density at radius 2 is 1.85 bits per heavy atom. The lowest BCUT2D eigenvalue weighted by Crippen LogP contribution is -2.40. The minimum atomic E-state index is -0.237. The van der Waals surface area contributed by atoms with E-state index >= 15 is 0 Å². The summed E-state index contributed by atoms with van der Waals surface area (Å²) in [5.41, 5.74) is 0.653. The number of carbonyl (C=O) groups is 1. The zero-order valence-corrected chi connectivity index (χ0v) is 16.7. The minimum Gasteiger partial charge on any atom is -0.333 e. The minimum absolute atomic E-state index is 0.0366. The van der Waals surface area contributed by atoms with E-state index in [9.17, 15) is 9.59 Å². The van der Waals surface area contributed by atoms with Crippen molar-refractivity contribution in [3.63, 3.8) is 0 Å². The first-order chi connectivity index (χ1) is 12.4. The fourth-order valence-corrected chi connectivity index (χ4v) is 3.31. The van der Waals surface area contributed by atoms with Gasteiger partial charge in [0.05, 0.1) is 16.9 Å². The summed E-state index contributed by atoms with van der Waals surface area (Å²) >= 11 is 0. The number of amides is 1. The largest absolute Gasteiger partial charge is 0.333 e. The van der Waals surface area contributed by atoms with Crippen molar-refractivity contribution in [2.45, 2.75) is 66.5 Å². The summed E-state index contributed by atoms with van der Waals surface area (Å²) < 4.78 is 1.70. The van der Waals surface area contributed by atoms with E-state index in [2.05, 4.69) is 6.92 Å². The molecule has 2 rings (SSSR count). The number of nitrogens with zero attached hydrogens (tertiary/aromatic N) is 3. The van der Waals surface area contributed by atoms with Gasteiger partial charge in [0, 0.05) is 19.0 Å². The van der Waals surface area contributed by atoms with Gasteiger partial charge in [-0.3, -0.25) is 14.2 Å². The maximum Gasteiger partial charge on any atom is 0.261 e. The number of para-hydroxylation sites is 1. The number of fused-ring (bicyclic) bond motifs is 1. The van der Waals surface area contributed by atoms with E-state index in [1.54, 1.807) is 4.57 Å². The third-order valence-electron chi connectivity index (χ3n) is 4.83. The average molecular weight is 357 g/mol. The van der Waals surface area contributed by atoms with Gasteiger partial charge < -0.3 is 4.90 Å². The third kappa shape index (κ3) is 4.14.